The number of aromatic nitrogens is 1. The summed E-state index contributed by atoms with van der Waals surface area (Å²) in [5, 5.41) is 5.79. The van der Waals surface area contributed by atoms with Crippen molar-refractivity contribution in [3.05, 3.63) is 83.9 Å². The number of hydrogen-bond acceptors (Lipinski definition) is 5. The second-order valence-electron chi connectivity index (χ2n) is 5.62. The number of nitrogens with one attached hydrogen (secondary N) is 2. The van der Waals surface area contributed by atoms with E-state index in [0.717, 1.165) is 5.69 Å². The number of carbonyl (C=O) groups excluding carboxylic acids is 2. The Kier molecular flexibility index (Phi) is 5.41. The first-order valence-electron chi connectivity index (χ1n) is 8.02. The van der Waals surface area contributed by atoms with Crippen molar-refractivity contribution in [3.63, 3.8) is 0 Å². The Hall–Kier alpha value is -3.74. The molecule has 0 aliphatic heterocycles. The van der Waals surface area contributed by atoms with Crippen molar-refractivity contribution in [2.75, 3.05) is 17.7 Å². The van der Waals surface area contributed by atoms with Gasteiger partial charge >= 0.3 is 5.97 Å². The maximum atomic E-state index is 12.9. The van der Waals surface area contributed by atoms with E-state index in [0.29, 0.717) is 22.5 Å². The monoisotopic (exact) mass is 365 g/mol. The van der Waals surface area contributed by atoms with Crippen molar-refractivity contribution in [2.24, 2.45) is 0 Å². The molecule has 2 N–H and O–H groups in total. The number of benzene rings is 2. The van der Waals surface area contributed by atoms with Crippen LogP contribution >= 0.6 is 0 Å². The normalized spacial score (nSPS) is 10.1. The number of carbonyl (C=O) groups is 2. The molecule has 0 bridgehead atoms. The van der Waals surface area contributed by atoms with Gasteiger partial charge in [-0.05, 0) is 54.6 Å². The molecule has 0 aliphatic carbocycles. The number of methoxy groups -OCH3 is 1. The fraction of sp³-hybridized carbons (Fsp3) is 0.0500. The molecule has 0 aliphatic rings. The number of hydrogen-bond donors (Lipinski definition) is 2. The number of rotatable bonds is 5. The van der Waals surface area contributed by atoms with Crippen LogP contribution in [0.5, 0.6) is 0 Å². The first-order valence-corrected chi connectivity index (χ1v) is 8.02. The lowest BCUT2D eigenvalue weighted by Crippen LogP contribution is -2.12. The molecule has 0 saturated heterocycles. The molecule has 1 heterocycles. The molecule has 0 atom stereocenters. The summed E-state index contributed by atoms with van der Waals surface area (Å²) in [6, 6.07) is 13.8. The predicted molar refractivity (Wildman–Crippen MR) is 99.7 cm³/mol. The van der Waals surface area contributed by atoms with E-state index >= 15 is 0 Å². The quantitative estimate of drug-likeness (QED) is 0.668. The minimum Gasteiger partial charge on any atom is -0.465 e. The zero-order valence-corrected chi connectivity index (χ0v) is 14.4. The molecule has 136 valence electrons. The first kappa shape index (κ1) is 18.1. The number of ether oxygens (including phenoxy) is 1. The van der Waals surface area contributed by atoms with Crippen molar-refractivity contribution in [3.8, 4) is 0 Å². The topological polar surface area (TPSA) is 80.3 Å². The maximum Gasteiger partial charge on any atom is 0.337 e. The van der Waals surface area contributed by atoms with Crippen molar-refractivity contribution in [1.82, 2.24) is 4.98 Å². The Morgan fingerprint density at radius 2 is 1.56 bits per heavy atom. The number of halogens is 1. The summed E-state index contributed by atoms with van der Waals surface area (Å²) in [7, 11) is 1.32. The van der Waals surface area contributed by atoms with Crippen LogP contribution in [-0.4, -0.2) is 24.0 Å². The third-order valence-electron chi connectivity index (χ3n) is 3.70. The van der Waals surface area contributed by atoms with Gasteiger partial charge in [-0.1, -0.05) is 0 Å². The van der Waals surface area contributed by atoms with E-state index in [9.17, 15) is 14.0 Å². The average Bonchev–Trinajstić information content (AvgIpc) is 2.70. The summed E-state index contributed by atoms with van der Waals surface area (Å²) >= 11 is 0. The van der Waals surface area contributed by atoms with Crippen molar-refractivity contribution in [2.45, 2.75) is 0 Å². The van der Waals surface area contributed by atoms with Gasteiger partial charge in [0.2, 0.25) is 0 Å². The smallest absolute Gasteiger partial charge is 0.337 e. The van der Waals surface area contributed by atoms with E-state index in [1.54, 1.807) is 36.5 Å². The second-order valence-corrected chi connectivity index (χ2v) is 5.62. The van der Waals surface area contributed by atoms with Gasteiger partial charge in [0.1, 0.15) is 5.82 Å². The van der Waals surface area contributed by atoms with Crippen LogP contribution in [-0.2, 0) is 4.74 Å². The molecule has 1 amide bonds. The third-order valence-corrected chi connectivity index (χ3v) is 3.70. The third kappa shape index (κ3) is 4.66. The molecule has 3 rings (SSSR count). The highest BCUT2D eigenvalue weighted by atomic mass is 19.1. The number of nitrogens with zero attached hydrogens (tertiary/aromatic N) is 1. The van der Waals surface area contributed by atoms with Gasteiger partial charge in [-0.25, -0.2) is 9.18 Å². The summed E-state index contributed by atoms with van der Waals surface area (Å²) in [6.45, 7) is 0. The molecule has 7 heteroatoms. The second kappa shape index (κ2) is 8.09. The van der Waals surface area contributed by atoms with Crippen LogP contribution in [0.1, 0.15) is 20.7 Å². The summed E-state index contributed by atoms with van der Waals surface area (Å²) < 4.78 is 17.6. The lowest BCUT2D eigenvalue weighted by Gasteiger charge is -2.09. The fourth-order valence-electron chi connectivity index (χ4n) is 2.34. The molecule has 0 saturated carbocycles. The van der Waals surface area contributed by atoms with Gasteiger partial charge in [-0.2, -0.15) is 0 Å². The Labute approximate surface area is 155 Å². The van der Waals surface area contributed by atoms with Crippen LogP contribution in [0.25, 0.3) is 0 Å². The van der Waals surface area contributed by atoms with Crippen molar-refractivity contribution < 1.29 is 18.7 Å². The Bertz CT molecular complexity index is 957. The molecule has 0 fully saturated rings. The Morgan fingerprint density at radius 3 is 2.22 bits per heavy atom. The molecule has 2 aromatic carbocycles. The van der Waals surface area contributed by atoms with Crippen LogP contribution in [0.15, 0.2) is 67.0 Å². The number of pyridine rings is 1. The van der Waals surface area contributed by atoms with Gasteiger partial charge in [0, 0.05) is 17.6 Å². The summed E-state index contributed by atoms with van der Waals surface area (Å²) in [4.78, 5) is 27.8. The Morgan fingerprint density at radius 1 is 0.889 bits per heavy atom. The summed E-state index contributed by atoms with van der Waals surface area (Å²) in [5.74, 6) is -1.15. The predicted octanol–water partition coefficient (Wildman–Crippen LogP) is 4.00. The molecule has 6 nitrogen and oxygen atoms in total. The number of esters is 1. The van der Waals surface area contributed by atoms with Crippen LogP contribution in [0.3, 0.4) is 0 Å². The van der Waals surface area contributed by atoms with E-state index in [4.69, 9.17) is 0 Å². The van der Waals surface area contributed by atoms with Gasteiger partial charge < -0.3 is 15.4 Å². The molecule has 3 aromatic rings. The largest absolute Gasteiger partial charge is 0.465 e. The van der Waals surface area contributed by atoms with Crippen LogP contribution in [0.2, 0.25) is 0 Å². The summed E-state index contributed by atoms with van der Waals surface area (Å²) in [6.07, 6.45) is 3.01. The van der Waals surface area contributed by atoms with E-state index < -0.39 is 5.97 Å². The first-order chi connectivity index (χ1) is 13.0. The zero-order valence-electron chi connectivity index (χ0n) is 14.4. The van der Waals surface area contributed by atoms with E-state index in [-0.39, 0.29) is 11.7 Å². The van der Waals surface area contributed by atoms with Crippen LogP contribution in [0.4, 0.5) is 21.5 Å². The van der Waals surface area contributed by atoms with E-state index in [1.807, 2.05) is 0 Å². The number of amides is 1. The van der Waals surface area contributed by atoms with Gasteiger partial charge in [0.05, 0.1) is 30.1 Å². The van der Waals surface area contributed by atoms with Gasteiger partial charge in [0.25, 0.3) is 5.91 Å². The Balaban J connectivity index is 1.70. The SMILES string of the molecule is COC(=O)c1ccc(Nc2cncc(C(=O)Nc3ccc(F)cc3)c2)cc1. The molecule has 1 aromatic heterocycles. The fourth-order valence-corrected chi connectivity index (χ4v) is 2.34. The van der Waals surface area contributed by atoms with E-state index in [2.05, 4.69) is 20.4 Å². The minimum atomic E-state index is -0.414. The highest BCUT2D eigenvalue weighted by molar-refractivity contribution is 6.04. The molecule has 27 heavy (non-hydrogen) atoms. The van der Waals surface area contributed by atoms with E-state index in [1.165, 1.54) is 37.6 Å². The van der Waals surface area contributed by atoms with Gasteiger partial charge in [-0.3, -0.25) is 9.78 Å². The average molecular weight is 365 g/mol. The molecule has 0 spiro atoms. The maximum absolute atomic E-state index is 12.9. The van der Waals surface area contributed by atoms with Crippen molar-refractivity contribution >= 4 is 28.9 Å². The standard InChI is InChI=1S/C20H16FN3O3/c1-27-20(26)13-2-6-16(7-3-13)23-18-10-14(11-22-12-18)19(25)24-17-8-4-15(21)5-9-17/h2-12,23H,1H3,(H,24,25). The highest BCUT2D eigenvalue weighted by Gasteiger charge is 2.09. The minimum absolute atomic E-state index is 0.343. The summed E-state index contributed by atoms with van der Waals surface area (Å²) in [5.41, 5.74) is 2.59. The molecule has 0 unspecified atom stereocenters. The lowest BCUT2D eigenvalue weighted by atomic mass is 10.2. The van der Waals surface area contributed by atoms with Crippen LogP contribution in [0, 0.1) is 5.82 Å². The van der Waals surface area contributed by atoms with Crippen molar-refractivity contribution in [1.29, 1.82) is 0 Å². The highest BCUT2D eigenvalue weighted by Crippen LogP contribution is 2.18. The molecular formula is C20H16FN3O3. The van der Waals surface area contributed by atoms with Crippen LogP contribution < -0.4 is 10.6 Å². The molecule has 0 radical (unpaired) electrons. The van der Waals surface area contributed by atoms with Gasteiger partial charge in [0.15, 0.2) is 0 Å². The molecular weight excluding hydrogens is 349 g/mol. The lowest BCUT2D eigenvalue weighted by molar-refractivity contribution is 0.0600. The number of anilines is 3. The zero-order chi connectivity index (χ0) is 19.2. The van der Waals surface area contributed by atoms with Gasteiger partial charge in [-0.15, -0.1) is 0 Å².